The maximum Gasteiger partial charge on any atom is 0.258 e. The molecule has 160 valence electrons. The van der Waals surface area contributed by atoms with E-state index in [-0.39, 0.29) is 6.04 Å². The maximum absolute atomic E-state index is 5.76. The molecule has 1 aliphatic heterocycles. The summed E-state index contributed by atoms with van der Waals surface area (Å²) in [7, 11) is 1.64. The third-order valence-corrected chi connectivity index (χ3v) is 5.96. The van der Waals surface area contributed by atoms with Crippen LogP contribution in [0.2, 0.25) is 0 Å². The molecule has 0 amide bonds. The number of hydrogen-bond donors (Lipinski definition) is 1. The molecule has 0 fully saturated rings. The van der Waals surface area contributed by atoms with Crippen molar-refractivity contribution in [1.82, 2.24) is 20.4 Å². The van der Waals surface area contributed by atoms with Gasteiger partial charge in [-0.25, -0.2) is 0 Å². The molecule has 0 saturated carbocycles. The van der Waals surface area contributed by atoms with Gasteiger partial charge in [-0.05, 0) is 55.7 Å². The second kappa shape index (κ2) is 8.89. The molecule has 1 aliphatic rings. The molecule has 1 N–H and O–H groups in total. The predicted molar refractivity (Wildman–Crippen MR) is 126 cm³/mol. The molecule has 2 heterocycles. The maximum atomic E-state index is 5.76. The van der Waals surface area contributed by atoms with Gasteiger partial charge in [0, 0.05) is 17.8 Å². The number of ether oxygens (including phenoxy) is 1. The number of thiocarbonyl (C=S) groups is 1. The summed E-state index contributed by atoms with van der Waals surface area (Å²) in [5.41, 5.74) is 5.17. The summed E-state index contributed by atoms with van der Waals surface area (Å²) < 4.78 is 11.1. The van der Waals surface area contributed by atoms with Gasteiger partial charge in [0.25, 0.3) is 5.89 Å². The van der Waals surface area contributed by atoms with E-state index in [1.54, 1.807) is 7.11 Å². The summed E-state index contributed by atoms with van der Waals surface area (Å²) in [4.78, 5) is 6.78. The summed E-state index contributed by atoms with van der Waals surface area (Å²) in [6, 6.07) is 16.0. The van der Waals surface area contributed by atoms with Crippen LogP contribution in [0.1, 0.15) is 43.8 Å². The molecule has 1 atom stereocenters. The van der Waals surface area contributed by atoms with Crippen molar-refractivity contribution in [2.45, 2.75) is 33.2 Å². The van der Waals surface area contributed by atoms with E-state index in [1.165, 1.54) is 5.56 Å². The van der Waals surface area contributed by atoms with Crippen molar-refractivity contribution in [2.24, 2.45) is 0 Å². The van der Waals surface area contributed by atoms with Crippen molar-refractivity contribution < 1.29 is 9.26 Å². The monoisotopic (exact) mass is 434 g/mol. The number of benzene rings is 2. The second-order valence-corrected chi connectivity index (χ2v) is 7.76. The zero-order chi connectivity index (χ0) is 22.0. The van der Waals surface area contributed by atoms with Crippen molar-refractivity contribution in [2.75, 3.05) is 13.7 Å². The topological polar surface area (TPSA) is 63.4 Å². The van der Waals surface area contributed by atoms with Crippen LogP contribution in [0.5, 0.6) is 5.75 Å². The molecule has 0 saturated heterocycles. The third-order valence-electron chi connectivity index (χ3n) is 5.62. The number of allylic oxidation sites excluding steroid dienone is 1. The summed E-state index contributed by atoms with van der Waals surface area (Å²) >= 11 is 5.64. The first-order valence-electron chi connectivity index (χ1n) is 10.4. The van der Waals surface area contributed by atoms with Crippen LogP contribution < -0.4 is 10.1 Å². The Bertz CT molecular complexity index is 1120. The zero-order valence-corrected chi connectivity index (χ0v) is 19.0. The number of hydrogen-bond acceptors (Lipinski definition) is 5. The molecule has 31 heavy (non-hydrogen) atoms. The lowest BCUT2D eigenvalue weighted by Gasteiger charge is -2.36. The predicted octanol–water partition coefficient (Wildman–Crippen LogP) is 4.99. The highest BCUT2D eigenvalue weighted by atomic mass is 32.1. The number of aromatic nitrogens is 2. The lowest BCUT2D eigenvalue weighted by molar-refractivity contribution is 0.398. The van der Waals surface area contributed by atoms with Crippen LogP contribution in [0.25, 0.3) is 17.0 Å². The van der Waals surface area contributed by atoms with Crippen LogP contribution >= 0.6 is 12.2 Å². The van der Waals surface area contributed by atoms with E-state index >= 15 is 0 Å². The fourth-order valence-corrected chi connectivity index (χ4v) is 4.23. The van der Waals surface area contributed by atoms with Gasteiger partial charge in [-0.15, -0.1) is 0 Å². The molecule has 7 heteroatoms. The van der Waals surface area contributed by atoms with Crippen LogP contribution in [0.3, 0.4) is 0 Å². The number of nitrogens with one attached hydrogen (secondary N) is 1. The molecule has 3 aromatic rings. The van der Waals surface area contributed by atoms with Crippen LogP contribution in [0.15, 0.2) is 58.8 Å². The van der Waals surface area contributed by atoms with Gasteiger partial charge in [-0.3, -0.25) is 0 Å². The van der Waals surface area contributed by atoms with E-state index < -0.39 is 0 Å². The van der Waals surface area contributed by atoms with Gasteiger partial charge in [0.05, 0.1) is 18.7 Å². The van der Waals surface area contributed by atoms with Gasteiger partial charge in [-0.2, -0.15) is 4.98 Å². The Morgan fingerprint density at radius 3 is 2.61 bits per heavy atom. The molecule has 4 rings (SSSR count). The van der Waals surface area contributed by atoms with Gasteiger partial charge >= 0.3 is 0 Å². The number of aryl methyl sites for hydroxylation is 1. The summed E-state index contributed by atoms with van der Waals surface area (Å²) in [5, 5.41) is 8.41. The first-order valence-corrected chi connectivity index (χ1v) is 10.8. The first-order chi connectivity index (χ1) is 15.0. The Kier molecular flexibility index (Phi) is 6.04. The second-order valence-electron chi connectivity index (χ2n) is 7.38. The quantitative estimate of drug-likeness (QED) is 0.548. The third kappa shape index (κ3) is 4.05. The molecule has 6 nitrogen and oxygen atoms in total. The Hall–Kier alpha value is -3.19. The van der Waals surface area contributed by atoms with Crippen molar-refractivity contribution in [3.8, 4) is 17.1 Å². The molecule has 0 bridgehead atoms. The van der Waals surface area contributed by atoms with Crippen molar-refractivity contribution in [3.63, 3.8) is 0 Å². The molecular formula is C24H26N4O2S. The van der Waals surface area contributed by atoms with Crippen molar-refractivity contribution >= 4 is 22.9 Å². The number of nitrogens with zero attached hydrogens (tertiary/aromatic N) is 3. The lowest BCUT2D eigenvalue weighted by Crippen LogP contribution is -2.45. The fourth-order valence-electron chi connectivity index (χ4n) is 3.85. The average Bonchev–Trinajstić information content (AvgIpc) is 3.29. The van der Waals surface area contributed by atoms with Gasteiger partial charge in [0.1, 0.15) is 5.75 Å². The van der Waals surface area contributed by atoms with E-state index in [9.17, 15) is 0 Å². The number of rotatable bonds is 6. The normalized spacial score (nSPS) is 16.5. The highest BCUT2D eigenvalue weighted by molar-refractivity contribution is 7.80. The summed E-state index contributed by atoms with van der Waals surface area (Å²) in [6.45, 7) is 7.02. The van der Waals surface area contributed by atoms with Gasteiger partial charge in [0.2, 0.25) is 5.82 Å². The van der Waals surface area contributed by atoms with Gasteiger partial charge in [0.15, 0.2) is 5.11 Å². The minimum Gasteiger partial charge on any atom is -0.497 e. The van der Waals surface area contributed by atoms with Crippen LogP contribution in [-0.4, -0.2) is 33.8 Å². The highest BCUT2D eigenvalue weighted by Crippen LogP contribution is 2.37. The smallest absolute Gasteiger partial charge is 0.258 e. The largest absolute Gasteiger partial charge is 0.497 e. The van der Waals surface area contributed by atoms with Gasteiger partial charge in [-0.1, -0.05) is 48.5 Å². The van der Waals surface area contributed by atoms with Crippen molar-refractivity contribution in [3.05, 3.63) is 71.2 Å². The summed E-state index contributed by atoms with van der Waals surface area (Å²) in [6.07, 6.45) is 0.996. The first kappa shape index (κ1) is 21.1. The standard InChI is InChI=1S/C24H26N4O2S/c1-5-16-10-12-17(13-11-16)21-20(15(3)28(6-2)24(31)25-21)23-26-22(27-30-23)18-8-7-9-19(14-18)29-4/h7-14,21H,5-6H2,1-4H3,(H,25,31). The zero-order valence-electron chi connectivity index (χ0n) is 18.2. The Labute approximate surface area is 187 Å². The molecule has 1 aromatic heterocycles. The van der Waals surface area contributed by atoms with E-state index in [2.05, 4.69) is 60.4 Å². The average molecular weight is 435 g/mol. The Balaban J connectivity index is 1.78. The highest BCUT2D eigenvalue weighted by Gasteiger charge is 2.33. The minimum absolute atomic E-state index is 0.167. The molecule has 2 aromatic carbocycles. The molecule has 0 spiro atoms. The number of methoxy groups -OCH3 is 1. The Morgan fingerprint density at radius 2 is 1.94 bits per heavy atom. The fraction of sp³-hybridized carbons (Fsp3) is 0.292. The van der Waals surface area contributed by atoms with E-state index in [1.807, 2.05) is 24.3 Å². The Morgan fingerprint density at radius 1 is 1.16 bits per heavy atom. The van der Waals surface area contributed by atoms with Crippen LogP contribution in [0.4, 0.5) is 0 Å². The molecular weight excluding hydrogens is 408 g/mol. The van der Waals surface area contributed by atoms with Crippen LogP contribution in [0, 0.1) is 0 Å². The minimum atomic E-state index is -0.167. The molecule has 0 aliphatic carbocycles. The summed E-state index contributed by atoms with van der Waals surface area (Å²) in [5.74, 6) is 1.74. The molecule has 0 radical (unpaired) electrons. The van der Waals surface area contributed by atoms with E-state index in [0.717, 1.165) is 41.1 Å². The van der Waals surface area contributed by atoms with Crippen LogP contribution in [-0.2, 0) is 6.42 Å². The lowest BCUT2D eigenvalue weighted by atomic mass is 9.94. The van der Waals surface area contributed by atoms with E-state index in [4.69, 9.17) is 26.5 Å². The molecule has 1 unspecified atom stereocenters. The van der Waals surface area contributed by atoms with Gasteiger partial charge < -0.3 is 19.5 Å². The van der Waals surface area contributed by atoms with Crippen molar-refractivity contribution in [1.29, 1.82) is 0 Å². The van der Waals surface area contributed by atoms with E-state index in [0.29, 0.717) is 16.8 Å². The SMILES string of the molecule is CCc1ccc(C2NC(=S)N(CC)C(C)=C2c2nc(-c3cccc(OC)c3)no2)cc1.